The number of benzene rings is 1. The van der Waals surface area contributed by atoms with E-state index in [0.717, 1.165) is 25.1 Å². The number of rotatable bonds is 5. The highest BCUT2D eigenvalue weighted by Gasteiger charge is 2.21. The van der Waals surface area contributed by atoms with Gasteiger partial charge in [-0.3, -0.25) is 9.48 Å². The molecule has 0 aliphatic carbocycles. The molecule has 3 rings (SSSR count). The number of anilines is 1. The van der Waals surface area contributed by atoms with Crippen LogP contribution in [-0.2, 0) is 4.79 Å². The highest BCUT2D eigenvalue weighted by atomic mass is 16.2. The second-order valence-corrected chi connectivity index (χ2v) is 5.52. The fraction of sp³-hybridized carbons (Fsp3) is 0.375. The van der Waals surface area contributed by atoms with Crippen molar-refractivity contribution >= 4 is 11.7 Å². The molecule has 2 aromatic rings. The van der Waals surface area contributed by atoms with E-state index in [0.29, 0.717) is 11.9 Å². The van der Waals surface area contributed by atoms with Crippen molar-refractivity contribution in [2.45, 2.75) is 18.4 Å². The molecule has 0 saturated carbocycles. The summed E-state index contributed by atoms with van der Waals surface area (Å²) in [6.07, 6.45) is 2.97. The van der Waals surface area contributed by atoms with Crippen molar-refractivity contribution in [2.75, 3.05) is 25.0 Å². The summed E-state index contributed by atoms with van der Waals surface area (Å²) in [5.74, 6) is 0.0919. The minimum absolute atomic E-state index is 0.122. The number of carbonyl (C=O) groups is 1. The Balaban J connectivity index is 1.68. The molecule has 6 nitrogen and oxygen atoms in total. The van der Waals surface area contributed by atoms with Gasteiger partial charge < -0.3 is 16.4 Å². The third-order valence-corrected chi connectivity index (χ3v) is 4.02. The van der Waals surface area contributed by atoms with Crippen LogP contribution in [0.4, 0.5) is 5.82 Å². The number of carbonyl (C=O) groups excluding carboxylic acids is 1. The van der Waals surface area contributed by atoms with E-state index in [9.17, 15) is 4.79 Å². The van der Waals surface area contributed by atoms with Crippen LogP contribution in [0.15, 0.2) is 42.6 Å². The number of amides is 1. The highest BCUT2D eigenvalue weighted by Crippen LogP contribution is 2.19. The van der Waals surface area contributed by atoms with E-state index < -0.39 is 0 Å². The van der Waals surface area contributed by atoms with Crippen LogP contribution in [-0.4, -0.2) is 35.3 Å². The zero-order chi connectivity index (χ0) is 15.4. The standard InChI is InChI=1S/C16H21N5O/c17-10-14(12-4-2-1-3-5-12)16(22)19-15-7-9-21(20-15)13-6-8-18-11-13/h1-5,7,9,13-14,18H,6,8,10-11,17H2,(H,19,20,22). The number of nitrogens with two attached hydrogens (primary N) is 1. The summed E-state index contributed by atoms with van der Waals surface area (Å²) < 4.78 is 1.91. The first-order valence-corrected chi connectivity index (χ1v) is 7.59. The van der Waals surface area contributed by atoms with Crippen LogP contribution in [0.25, 0.3) is 0 Å². The maximum Gasteiger partial charge on any atom is 0.234 e. The van der Waals surface area contributed by atoms with E-state index in [4.69, 9.17) is 5.73 Å². The van der Waals surface area contributed by atoms with Crippen LogP contribution >= 0.6 is 0 Å². The smallest absolute Gasteiger partial charge is 0.234 e. The normalized spacial score (nSPS) is 19.0. The molecule has 6 heteroatoms. The van der Waals surface area contributed by atoms with Gasteiger partial charge in [-0.05, 0) is 18.5 Å². The molecule has 1 fully saturated rings. The summed E-state index contributed by atoms with van der Waals surface area (Å²) in [6.45, 7) is 2.20. The highest BCUT2D eigenvalue weighted by molar-refractivity contribution is 5.95. The van der Waals surface area contributed by atoms with Crippen molar-refractivity contribution in [2.24, 2.45) is 5.73 Å². The first-order chi connectivity index (χ1) is 10.8. The van der Waals surface area contributed by atoms with E-state index in [2.05, 4.69) is 15.7 Å². The van der Waals surface area contributed by atoms with Crippen molar-refractivity contribution < 1.29 is 4.79 Å². The SMILES string of the molecule is NCC(C(=O)Nc1ccn(C2CCNC2)n1)c1ccccc1. The Hall–Kier alpha value is -2.18. The van der Waals surface area contributed by atoms with E-state index in [-0.39, 0.29) is 18.4 Å². The van der Waals surface area contributed by atoms with Crippen molar-refractivity contribution in [3.63, 3.8) is 0 Å². The largest absolute Gasteiger partial charge is 0.329 e. The molecular formula is C16H21N5O. The molecule has 1 aliphatic rings. The Morgan fingerprint density at radius 3 is 2.91 bits per heavy atom. The summed E-state index contributed by atoms with van der Waals surface area (Å²) in [5.41, 5.74) is 6.69. The number of nitrogens with one attached hydrogen (secondary N) is 2. The van der Waals surface area contributed by atoms with Gasteiger partial charge >= 0.3 is 0 Å². The minimum Gasteiger partial charge on any atom is -0.329 e. The van der Waals surface area contributed by atoms with E-state index >= 15 is 0 Å². The fourth-order valence-electron chi connectivity index (χ4n) is 2.77. The van der Waals surface area contributed by atoms with E-state index in [1.807, 2.05) is 47.3 Å². The van der Waals surface area contributed by atoms with Crippen molar-refractivity contribution in [3.05, 3.63) is 48.2 Å². The van der Waals surface area contributed by atoms with Gasteiger partial charge in [0.2, 0.25) is 5.91 Å². The zero-order valence-corrected chi connectivity index (χ0v) is 12.4. The van der Waals surface area contributed by atoms with Crippen LogP contribution in [0.2, 0.25) is 0 Å². The molecular weight excluding hydrogens is 278 g/mol. The lowest BCUT2D eigenvalue weighted by Crippen LogP contribution is -2.27. The van der Waals surface area contributed by atoms with Crippen LogP contribution < -0.4 is 16.4 Å². The lowest BCUT2D eigenvalue weighted by molar-refractivity contribution is -0.117. The predicted octanol–water partition coefficient (Wildman–Crippen LogP) is 1.10. The first-order valence-electron chi connectivity index (χ1n) is 7.59. The van der Waals surface area contributed by atoms with Crippen LogP contribution in [0.1, 0.15) is 23.9 Å². The van der Waals surface area contributed by atoms with Gasteiger partial charge in [0.15, 0.2) is 5.82 Å². The van der Waals surface area contributed by atoms with Gasteiger partial charge in [0.25, 0.3) is 0 Å². The van der Waals surface area contributed by atoms with Crippen molar-refractivity contribution in [3.8, 4) is 0 Å². The molecule has 2 heterocycles. The Bertz CT molecular complexity index is 618. The number of hydrogen-bond donors (Lipinski definition) is 3. The Kier molecular flexibility index (Phi) is 4.50. The molecule has 1 aromatic carbocycles. The molecule has 2 atom stereocenters. The van der Waals surface area contributed by atoms with Gasteiger partial charge in [0.1, 0.15) is 0 Å². The molecule has 1 aromatic heterocycles. The monoisotopic (exact) mass is 299 g/mol. The predicted molar refractivity (Wildman–Crippen MR) is 85.6 cm³/mol. The summed E-state index contributed by atoms with van der Waals surface area (Å²) in [7, 11) is 0. The Labute approximate surface area is 129 Å². The van der Waals surface area contributed by atoms with Gasteiger partial charge in [-0.1, -0.05) is 30.3 Å². The van der Waals surface area contributed by atoms with Gasteiger partial charge in [-0.15, -0.1) is 0 Å². The summed E-state index contributed by atoms with van der Waals surface area (Å²) >= 11 is 0. The molecule has 4 N–H and O–H groups in total. The van der Waals surface area contributed by atoms with Crippen LogP contribution in [0, 0.1) is 0 Å². The van der Waals surface area contributed by atoms with Gasteiger partial charge in [0, 0.05) is 25.4 Å². The lowest BCUT2D eigenvalue weighted by Gasteiger charge is -2.14. The quantitative estimate of drug-likeness (QED) is 0.772. The van der Waals surface area contributed by atoms with Crippen LogP contribution in [0.5, 0.6) is 0 Å². The number of aromatic nitrogens is 2. The fourth-order valence-corrected chi connectivity index (χ4v) is 2.77. The first kappa shape index (κ1) is 14.7. The maximum absolute atomic E-state index is 12.4. The topological polar surface area (TPSA) is 85.0 Å². The molecule has 1 saturated heterocycles. The van der Waals surface area contributed by atoms with E-state index in [1.54, 1.807) is 0 Å². The molecule has 116 valence electrons. The summed E-state index contributed by atoms with van der Waals surface area (Å²) in [4.78, 5) is 12.4. The zero-order valence-electron chi connectivity index (χ0n) is 12.4. The average molecular weight is 299 g/mol. The second-order valence-electron chi connectivity index (χ2n) is 5.52. The third-order valence-electron chi connectivity index (χ3n) is 4.02. The Morgan fingerprint density at radius 1 is 1.41 bits per heavy atom. The second kappa shape index (κ2) is 6.72. The van der Waals surface area contributed by atoms with E-state index in [1.165, 1.54) is 0 Å². The number of hydrogen-bond acceptors (Lipinski definition) is 4. The van der Waals surface area contributed by atoms with Crippen molar-refractivity contribution in [1.29, 1.82) is 0 Å². The molecule has 0 radical (unpaired) electrons. The lowest BCUT2D eigenvalue weighted by atomic mass is 9.98. The van der Waals surface area contributed by atoms with Gasteiger partial charge in [-0.25, -0.2) is 0 Å². The van der Waals surface area contributed by atoms with Crippen molar-refractivity contribution in [1.82, 2.24) is 15.1 Å². The summed E-state index contributed by atoms with van der Waals surface area (Å²) in [6, 6.07) is 11.8. The summed E-state index contributed by atoms with van der Waals surface area (Å²) in [5, 5.41) is 10.6. The average Bonchev–Trinajstić information content (AvgIpc) is 3.20. The number of nitrogens with zero attached hydrogens (tertiary/aromatic N) is 2. The minimum atomic E-state index is -0.362. The molecule has 1 aliphatic heterocycles. The molecule has 22 heavy (non-hydrogen) atoms. The van der Waals surface area contributed by atoms with Gasteiger partial charge in [0.05, 0.1) is 12.0 Å². The molecule has 2 unspecified atom stereocenters. The third kappa shape index (κ3) is 3.18. The molecule has 1 amide bonds. The van der Waals surface area contributed by atoms with Gasteiger partial charge in [-0.2, -0.15) is 5.10 Å². The molecule has 0 bridgehead atoms. The Morgan fingerprint density at radius 2 is 2.23 bits per heavy atom. The molecule has 0 spiro atoms. The maximum atomic E-state index is 12.4. The van der Waals surface area contributed by atoms with Crippen LogP contribution in [0.3, 0.4) is 0 Å².